The highest BCUT2D eigenvalue weighted by molar-refractivity contribution is 5.74. The lowest BCUT2D eigenvalue weighted by Crippen LogP contribution is -2.18. The number of rotatable bonds is 9. The van der Waals surface area contributed by atoms with Crippen LogP contribution in [0.5, 0.6) is 6.01 Å². The van der Waals surface area contributed by atoms with Crippen molar-refractivity contribution in [3.8, 4) is 6.01 Å². The topological polar surface area (TPSA) is 115 Å². The molecule has 20 heavy (non-hydrogen) atoms. The molecule has 0 aliphatic rings. The quantitative estimate of drug-likeness (QED) is 0.612. The van der Waals surface area contributed by atoms with Gasteiger partial charge in [0, 0.05) is 19.5 Å². The molecule has 0 fully saturated rings. The fraction of sp³-hybridized carbons (Fsp3) is 0.667. The molecule has 4 N–H and O–H groups in total. The average Bonchev–Trinajstić information content (AvgIpc) is 2.35. The zero-order valence-electron chi connectivity index (χ0n) is 12.1. The molecular formula is C12H22N6O2. The Kier molecular flexibility index (Phi) is 6.48. The van der Waals surface area contributed by atoms with Crippen LogP contribution in [-0.4, -0.2) is 40.1 Å². The summed E-state index contributed by atoms with van der Waals surface area (Å²) in [5, 5.41) is 6.00. The van der Waals surface area contributed by atoms with Crippen LogP contribution in [-0.2, 0) is 4.79 Å². The molecule has 1 amide bonds. The summed E-state index contributed by atoms with van der Waals surface area (Å²) in [4.78, 5) is 23.2. The largest absolute Gasteiger partial charge is 0.461 e. The van der Waals surface area contributed by atoms with E-state index >= 15 is 0 Å². The maximum Gasteiger partial charge on any atom is 0.323 e. The number of primary amides is 1. The normalized spacial score (nSPS) is 10.4. The van der Waals surface area contributed by atoms with Crippen LogP contribution < -0.4 is 21.1 Å². The molecule has 8 heteroatoms. The summed E-state index contributed by atoms with van der Waals surface area (Å²) in [6.07, 6.45) is 1.13. The van der Waals surface area contributed by atoms with Crippen LogP contribution in [0.15, 0.2) is 0 Å². The van der Waals surface area contributed by atoms with Crippen molar-refractivity contribution in [3.63, 3.8) is 0 Å². The second-order valence-electron chi connectivity index (χ2n) is 4.50. The van der Waals surface area contributed by atoms with Gasteiger partial charge in [-0.25, -0.2) is 0 Å². The van der Waals surface area contributed by atoms with E-state index in [1.165, 1.54) is 0 Å². The molecule has 1 heterocycles. The van der Waals surface area contributed by atoms with E-state index in [2.05, 4.69) is 25.6 Å². The Morgan fingerprint density at radius 1 is 1.20 bits per heavy atom. The van der Waals surface area contributed by atoms with Gasteiger partial charge in [0.05, 0.1) is 6.10 Å². The summed E-state index contributed by atoms with van der Waals surface area (Å²) in [5.74, 6) is 0.420. The van der Waals surface area contributed by atoms with Crippen LogP contribution in [0.2, 0.25) is 0 Å². The number of carbonyl (C=O) groups is 1. The second kappa shape index (κ2) is 8.13. The Morgan fingerprint density at radius 3 is 2.30 bits per heavy atom. The third-order valence-corrected chi connectivity index (χ3v) is 2.14. The van der Waals surface area contributed by atoms with Gasteiger partial charge in [0.2, 0.25) is 17.8 Å². The number of nitrogens with one attached hydrogen (secondary N) is 2. The Labute approximate surface area is 118 Å². The van der Waals surface area contributed by atoms with E-state index in [0.29, 0.717) is 18.4 Å². The molecule has 0 radical (unpaired) electrons. The lowest BCUT2D eigenvalue weighted by Gasteiger charge is -2.11. The standard InChI is InChI=1S/C12H22N6O2/c1-4-6-14-10-16-11(15-7-5-9(13)19)18-12(17-10)20-8(2)3/h8H,4-7H2,1-3H3,(H2,13,19)(H2,14,15,16,17,18). The Balaban J connectivity index is 2.76. The number of nitrogens with two attached hydrogens (primary N) is 1. The second-order valence-corrected chi connectivity index (χ2v) is 4.50. The highest BCUT2D eigenvalue weighted by Crippen LogP contribution is 2.12. The first-order valence-electron chi connectivity index (χ1n) is 6.70. The average molecular weight is 282 g/mol. The van der Waals surface area contributed by atoms with Crippen molar-refractivity contribution in [1.82, 2.24) is 15.0 Å². The summed E-state index contributed by atoms with van der Waals surface area (Å²) in [6, 6.07) is 0.246. The fourth-order valence-corrected chi connectivity index (χ4v) is 1.31. The van der Waals surface area contributed by atoms with Gasteiger partial charge in [-0.05, 0) is 20.3 Å². The summed E-state index contributed by atoms with van der Waals surface area (Å²) in [6.45, 7) is 6.96. The minimum absolute atomic E-state index is 0.0325. The number of hydrogen-bond donors (Lipinski definition) is 3. The zero-order valence-corrected chi connectivity index (χ0v) is 12.1. The number of aromatic nitrogens is 3. The lowest BCUT2D eigenvalue weighted by molar-refractivity contribution is -0.117. The number of nitrogens with zero attached hydrogens (tertiary/aromatic N) is 3. The Bertz CT molecular complexity index is 438. The van der Waals surface area contributed by atoms with Crippen molar-refractivity contribution in [2.24, 2.45) is 5.73 Å². The van der Waals surface area contributed by atoms with Gasteiger partial charge in [-0.1, -0.05) is 6.92 Å². The van der Waals surface area contributed by atoms with E-state index in [0.717, 1.165) is 13.0 Å². The van der Waals surface area contributed by atoms with Crippen LogP contribution in [0.3, 0.4) is 0 Å². The highest BCUT2D eigenvalue weighted by Gasteiger charge is 2.08. The van der Waals surface area contributed by atoms with E-state index in [-0.39, 0.29) is 24.4 Å². The van der Waals surface area contributed by atoms with Crippen molar-refractivity contribution in [2.45, 2.75) is 39.7 Å². The van der Waals surface area contributed by atoms with Crippen molar-refractivity contribution >= 4 is 17.8 Å². The number of hydrogen-bond acceptors (Lipinski definition) is 7. The van der Waals surface area contributed by atoms with Crippen LogP contribution in [0.4, 0.5) is 11.9 Å². The maximum atomic E-state index is 10.7. The number of ether oxygens (including phenoxy) is 1. The molecule has 0 unspecified atom stereocenters. The Hall–Kier alpha value is -2.12. The van der Waals surface area contributed by atoms with Crippen molar-refractivity contribution < 1.29 is 9.53 Å². The first-order valence-corrected chi connectivity index (χ1v) is 6.70. The zero-order chi connectivity index (χ0) is 15.0. The summed E-state index contributed by atoms with van der Waals surface area (Å²) in [5.41, 5.74) is 5.08. The van der Waals surface area contributed by atoms with E-state index in [1.807, 2.05) is 20.8 Å². The molecule has 1 aromatic rings. The first-order chi connectivity index (χ1) is 9.51. The van der Waals surface area contributed by atoms with Crippen molar-refractivity contribution in [1.29, 1.82) is 0 Å². The van der Waals surface area contributed by atoms with Gasteiger partial charge in [0.25, 0.3) is 0 Å². The SMILES string of the molecule is CCCNc1nc(NCCC(N)=O)nc(OC(C)C)n1. The van der Waals surface area contributed by atoms with Gasteiger partial charge in [-0.15, -0.1) is 0 Å². The minimum atomic E-state index is -0.380. The number of amides is 1. The van der Waals surface area contributed by atoms with Gasteiger partial charge in [-0.3, -0.25) is 4.79 Å². The van der Waals surface area contributed by atoms with E-state index in [1.54, 1.807) is 0 Å². The molecule has 0 saturated heterocycles. The van der Waals surface area contributed by atoms with Gasteiger partial charge in [-0.2, -0.15) is 15.0 Å². The van der Waals surface area contributed by atoms with Crippen LogP contribution in [0.1, 0.15) is 33.6 Å². The molecule has 0 aliphatic carbocycles. The van der Waals surface area contributed by atoms with Gasteiger partial charge >= 0.3 is 6.01 Å². The molecule has 1 aromatic heterocycles. The Morgan fingerprint density at radius 2 is 1.80 bits per heavy atom. The molecule has 0 saturated carbocycles. The monoisotopic (exact) mass is 282 g/mol. The predicted molar refractivity (Wildman–Crippen MR) is 76.7 cm³/mol. The molecule has 0 bridgehead atoms. The summed E-state index contributed by atoms with van der Waals surface area (Å²) >= 11 is 0. The van der Waals surface area contributed by atoms with Crippen LogP contribution in [0.25, 0.3) is 0 Å². The molecular weight excluding hydrogens is 260 g/mol. The maximum absolute atomic E-state index is 10.7. The van der Waals surface area contributed by atoms with Crippen molar-refractivity contribution in [2.75, 3.05) is 23.7 Å². The predicted octanol–water partition coefficient (Wildman–Crippen LogP) is 0.768. The first kappa shape index (κ1) is 15.9. The summed E-state index contributed by atoms with van der Waals surface area (Å²) in [7, 11) is 0. The number of anilines is 2. The fourth-order valence-electron chi connectivity index (χ4n) is 1.31. The highest BCUT2D eigenvalue weighted by atomic mass is 16.5. The molecule has 112 valence electrons. The van der Waals surface area contributed by atoms with Crippen molar-refractivity contribution in [3.05, 3.63) is 0 Å². The smallest absolute Gasteiger partial charge is 0.323 e. The lowest BCUT2D eigenvalue weighted by atomic mass is 10.4. The third-order valence-electron chi connectivity index (χ3n) is 2.14. The van der Waals surface area contributed by atoms with E-state index < -0.39 is 0 Å². The molecule has 0 aromatic carbocycles. The van der Waals surface area contributed by atoms with E-state index in [9.17, 15) is 4.79 Å². The molecule has 0 aliphatic heterocycles. The summed E-state index contributed by atoms with van der Waals surface area (Å²) < 4.78 is 5.47. The molecule has 0 atom stereocenters. The number of carbonyl (C=O) groups excluding carboxylic acids is 1. The molecule has 1 rings (SSSR count). The van der Waals surface area contributed by atoms with Gasteiger partial charge in [0.15, 0.2) is 0 Å². The van der Waals surface area contributed by atoms with Gasteiger partial charge in [0.1, 0.15) is 0 Å². The molecule has 8 nitrogen and oxygen atoms in total. The van der Waals surface area contributed by atoms with Gasteiger partial charge < -0.3 is 21.1 Å². The molecule has 0 spiro atoms. The van der Waals surface area contributed by atoms with Crippen LogP contribution >= 0.6 is 0 Å². The minimum Gasteiger partial charge on any atom is -0.461 e. The van der Waals surface area contributed by atoms with E-state index in [4.69, 9.17) is 10.5 Å². The third kappa shape index (κ3) is 6.17. The van der Waals surface area contributed by atoms with Crippen LogP contribution in [0, 0.1) is 0 Å².